The van der Waals surface area contributed by atoms with Crippen molar-refractivity contribution in [2.75, 3.05) is 10.6 Å². The Kier molecular flexibility index (Phi) is 6.33. The molecule has 2 N–H and O–H groups in total. The first kappa shape index (κ1) is 21.9. The van der Waals surface area contributed by atoms with E-state index in [-0.39, 0.29) is 29.8 Å². The molecule has 0 aliphatic heterocycles. The van der Waals surface area contributed by atoms with Gasteiger partial charge in [-0.3, -0.25) is 19.6 Å². The SMILES string of the molecule is CC(C)(C)OC(=O)Nc1ccc(F)cc1NC(=O)CCn1ncc(=O)c2ccccc21. The Labute approximate surface area is 178 Å². The molecule has 2 aromatic carbocycles. The van der Waals surface area contributed by atoms with E-state index in [1.165, 1.54) is 18.3 Å². The van der Waals surface area contributed by atoms with Crippen molar-refractivity contribution in [3.05, 3.63) is 64.7 Å². The van der Waals surface area contributed by atoms with Gasteiger partial charge in [-0.05, 0) is 51.1 Å². The first-order chi connectivity index (χ1) is 14.6. The van der Waals surface area contributed by atoms with Crippen molar-refractivity contribution >= 4 is 34.3 Å². The normalized spacial score (nSPS) is 11.2. The molecular formula is C22H23FN4O4. The number of fused-ring (bicyclic) bond motifs is 1. The van der Waals surface area contributed by atoms with Gasteiger partial charge in [0.1, 0.15) is 11.4 Å². The Morgan fingerprint density at radius 1 is 1.10 bits per heavy atom. The minimum absolute atomic E-state index is 0.0161. The Hall–Kier alpha value is -3.75. The highest BCUT2D eigenvalue weighted by Crippen LogP contribution is 2.24. The number of nitrogens with zero attached hydrogens (tertiary/aromatic N) is 2. The largest absolute Gasteiger partial charge is 0.444 e. The van der Waals surface area contributed by atoms with Crippen molar-refractivity contribution in [1.82, 2.24) is 9.78 Å². The van der Waals surface area contributed by atoms with Gasteiger partial charge in [-0.25, -0.2) is 9.18 Å². The standard InChI is InChI=1S/C22H23FN4O4/c1-22(2,3)31-21(30)26-16-9-8-14(23)12-17(16)25-20(29)10-11-27-18-7-5-4-6-15(18)19(28)13-24-27/h4-9,12-13H,10-11H2,1-3H3,(H,25,29)(H,26,30). The Morgan fingerprint density at radius 2 is 1.84 bits per heavy atom. The molecule has 0 saturated heterocycles. The number of hydrogen-bond acceptors (Lipinski definition) is 5. The highest BCUT2D eigenvalue weighted by atomic mass is 19.1. The summed E-state index contributed by atoms with van der Waals surface area (Å²) in [6.07, 6.45) is 0.497. The van der Waals surface area contributed by atoms with Crippen molar-refractivity contribution in [2.24, 2.45) is 0 Å². The molecule has 0 spiro atoms. The first-order valence-electron chi connectivity index (χ1n) is 9.67. The summed E-state index contributed by atoms with van der Waals surface area (Å²) >= 11 is 0. The molecule has 0 bridgehead atoms. The predicted octanol–water partition coefficient (Wildman–Crippen LogP) is 3.91. The quantitative estimate of drug-likeness (QED) is 0.644. The number of aromatic nitrogens is 2. The summed E-state index contributed by atoms with van der Waals surface area (Å²) in [6.45, 7) is 5.36. The van der Waals surface area contributed by atoms with Gasteiger partial charge in [0.25, 0.3) is 0 Å². The van der Waals surface area contributed by atoms with Gasteiger partial charge in [-0.15, -0.1) is 0 Å². The molecule has 8 nitrogen and oxygen atoms in total. The number of anilines is 2. The van der Waals surface area contributed by atoms with Crippen molar-refractivity contribution in [3.63, 3.8) is 0 Å². The molecule has 31 heavy (non-hydrogen) atoms. The van der Waals surface area contributed by atoms with Crippen LogP contribution in [-0.4, -0.2) is 27.4 Å². The molecule has 0 fully saturated rings. The van der Waals surface area contributed by atoms with Crippen LogP contribution in [0.5, 0.6) is 0 Å². The lowest BCUT2D eigenvalue weighted by Gasteiger charge is -2.20. The predicted molar refractivity (Wildman–Crippen MR) is 116 cm³/mol. The molecule has 3 aromatic rings. The van der Waals surface area contributed by atoms with E-state index >= 15 is 0 Å². The maximum atomic E-state index is 13.7. The summed E-state index contributed by atoms with van der Waals surface area (Å²) < 4.78 is 20.5. The number of carbonyl (C=O) groups excluding carboxylic acids is 2. The summed E-state index contributed by atoms with van der Waals surface area (Å²) in [5.41, 5.74) is 0.0134. The number of carbonyl (C=O) groups is 2. The van der Waals surface area contributed by atoms with Gasteiger partial charge < -0.3 is 10.1 Å². The molecule has 0 unspecified atom stereocenters. The van der Waals surface area contributed by atoms with Gasteiger partial charge in [-0.1, -0.05) is 12.1 Å². The van der Waals surface area contributed by atoms with Crippen molar-refractivity contribution < 1.29 is 18.7 Å². The van der Waals surface area contributed by atoms with E-state index in [0.717, 1.165) is 6.07 Å². The van der Waals surface area contributed by atoms with Crippen LogP contribution in [-0.2, 0) is 16.1 Å². The Balaban J connectivity index is 1.71. The van der Waals surface area contributed by atoms with Crippen molar-refractivity contribution in [1.29, 1.82) is 0 Å². The second-order valence-electron chi connectivity index (χ2n) is 7.86. The summed E-state index contributed by atoms with van der Waals surface area (Å²) in [5.74, 6) is -0.986. The number of hydrogen-bond donors (Lipinski definition) is 2. The molecule has 0 aliphatic rings. The van der Waals surface area contributed by atoms with E-state index in [2.05, 4.69) is 15.7 Å². The summed E-state index contributed by atoms with van der Waals surface area (Å²) in [5, 5.41) is 9.69. The van der Waals surface area contributed by atoms with E-state index in [0.29, 0.717) is 10.9 Å². The zero-order valence-corrected chi connectivity index (χ0v) is 17.4. The van der Waals surface area contributed by atoms with Gasteiger partial charge >= 0.3 is 6.09 Å². The number of ether oxygens (including phenoxy) is 1. The van der Waals surface area contributed by atoms with Crippen LogP contribution in [0.4, 0.5) is 20.6 Å². The lowest BCUT2D eigenvalue weighted by atomic mass is 10.2. The summed E-state index contributed by atoms with van der Waals surface area (Å²) in [7, 11) is 0. The maximum absolute atomic E-state index is 13.7. The van der Waals surface area contributed by atoms with Crippen LogP contribution in [0.3, 0.4) is 0 Å². The summed E-state index contributed by atoms with van der Waals surface area (Å²) in [6, 6.07) is 10.6. The number of benzene rings is 2. The number of amides is 2. The van der Waals surface area contributed by atoms with Gasteiger partial charge in [-0.2, -0.15) is 5.10 Å². The van der Waals surface area contributed by atoms with Crippen LogP contribution in [0.2, 0.25) is 0 Å². The molecule has 3 rings (SSSR count). The van der Waals surface area contributed by atoms with Crippen LogP contribution in [0.1, 0.15) is 27.2 Å². The number of para-hydroxylation sites is 1. The molecule has 1 aromatic heterocycles. The second kappa shape index (κ2) is 8.95. The number of nitrogens with one attached hydrogen (secondary N) is 2. The monoisotopic (exact) mass is 426 g/mol. The minimum atomic E-state index is -0.724. The van der Waals surface area contributed by atoms with Gasteiger partial charge in [0, 0.05) is 11.8 Å². The molecule has 9 heteroatoms. The van der Waals surface area contributed by atoms with E-state index in [1.54, 1.807) is 49.7 Å². The highest BCUT2D eigenvalue weighted by Gasteiger charge is 2.18. The van der Waals surface area contributed by atoms with E-state index < -0.39 is 23.4 Å². The molecule has 0 radical (unpaired) electrons. The zero-order chi connectivity index (χ0) is 22.6. The fourth-order valence-corrected chi connectivity index (χ4v) is 2.90. The Bertz CT molecular complexity index is 1180. The Morgan fingerprint density at radius 3 is 2.58 bits per heavy atom. The lowest BCUT2D eigenvalue weighted by Crippen LogP contribution is -2.27. The van der Waals surface area contributed by atoms with Crippen LogP contribution in [0, 0.1) is 5.82 Å². The number of rotatable bonds is 5. The molecule has 0 atom stereocenters. The number of halogens is 1. The average Bonchev–Trinajstić information content (AvgIpc) is 2.68. The van der Waals surface area contributed by atoms with Crippen LogP contribution >= 0.6 is 0 Å². The minimum Gasteiger partial charge on any atom is -0.444 e. The zero-order valence-electron chi connectivity index (χ0n) is 17.4. The fourth-order valence-electron chi connectivity index (χ4n) is 2.90. The number of aryl methyl sites for hydroxylation is 1. The van der Waals surface area contributed by atoms with E-state index in [4.69, 9.17) is 4.74 Å². The van der Waals surface area contributed by atoms with E-state index in [1.807, 2.05) is 0 Å². The molecule has 0 aliphatic carbocycles. The first-order valence-corrected chi connectivity index (χ1v) is 9.67. The van der Waals surface area contributed by atoms with Gasteiger partial charge in [0.2, 0.25) is 11.3 Å². The van der Waals surface area contributed by atoms with Crippen LogP contribution < -0.4 is 16.1 Å². The summed E-state index contributed by atoms with van der Waals surface area (Å²) in [4.78, 5) is 36.4. The van der Waals surface area contributed by atoms with Crippen LogP contribution in [0.15, 0.2) is 53.5 Å². The molecule has 1 heterocycles. The van der Waals surface area contributed by atoms with Crippen molar-refractivity contribution in [3.8, 4) is 0 Å². The average molecular weight is 426 g/mol. The van der Waals surface area contributed by atoms with E-state index in [9.17, 15) is 18.8 Å². The fraction of sp³-hybridized carbons (Fsp3) is 0.273. The maximum Gasteiger partial charge on any atom is 0.412 e. The molecular weight excluding hydrogens is 403 g/mol. The van der Waals surface area contributed by atoms with Gasteiger partial charge in [0.05, 0.1) is 29.6 Å². The topological polar surface area (TPSA) is 102 Å². The third kappa shape index (κ3) is 5.88. The highest BCUT2D eigenvalue weighted by molar-refractivity contribution is 5.97. The lowest BCUT2D eigenvalue weighted by molar-refractivity contribution is -0.116. The van der Waals surface area contributed by atoms with Crippen LogP contribution in [0.25, 0.3) is 10.9 Å². The second-order valence-corrected chi connectivity index (χ2v) is 7.86. The molecule has 2 amide bonds. The smallest absolute Gasteiger partial charge is 0.412 e. The molecule has 0 saturated carbocycles. The molecule has 162 valence electrons. The van der Waals surface area contributed by atoms with Gasteiger partial charge in [0.15, 0.2) is 0 Å². The van der Waals surface area contributed by atoms with Crippen molar-refractivity contribution in [2.45, 2.75) is 39.3 Å². The third-order valence-corrected chi connectivity index (χ3v) is 4.20. The third-order valence-electron chi connectivity index (χ3n) is 4.20.